The highest BCUT2D eigenvalue weighted by Gasteiger charge is 2.20. The van der Waals surface area contributed by atoms with Crippen LogP contribution < -0.4 is 20.1 Å². The minimum atomic E-state index is -0.493. The van der Waals surface area contributed by atoms with Crippen LogP contribution in [0.4, 0.5) is 4.79 Å². The van der Waals surface area contributed by atoms with E-state index >= 15 is 0 Å². The highest BCUT2D eigenvalue weighted by Crippen LogP contribution is 2.32. The van der Waals surface area contributed by atoms with E-state index in [1.165, 1.54) is 0 Å². The first kappa shape index (κ1) is 25.1. The van der Waals surface area contributed by atoms with Crippen LogP contribution in [0.5, 0.6) is 11.5 Å². The normalized spacial score (nSPS) is 13.9. The lowest BCUT2D eigenvalue weighted by Crippen LogP contribution is -2.42. The van der Waals surface area contributed by atoms with E-state index < -0.39 is 5.60 Å². The molecule has 2 N–H and O–H groups in total. The Balaban J connectivity index is 0.00000420. The van der Waals surface area contributed by atoms with Gasteiger partial charge in [0.2, 0.25) is 6.79 Å². The molecule has 0 aromatic heterocycles. The summed E-state index contributed by atoms with van der Waals surface area (Å²) in [5.74, 6) is 2.46. The maximum Gasteiger partial charge on any atom is 0.410 e. The summed E-state index contributed by atoms with van der Waals surface area (Å²) >= 11 is 0. The molecular weight excluding hydrogens is 487 g/mol. The minimum absolute atomic E-state index is 0. The van der Waals surface area contributed by atoms with Crippen molar-refractivity contribution >= 4 is 36.0 Å². The smallest absolute Gasteiger partial charge is 0.410 e. The van der Waals surface area contributed by atoms with Crippen LogP contribution in [0.15, 0.2) is 23.2 Å². The number of fused-ring (bicyclic) bond motifs is 1. The van der Waals surface area contributed by atoms with Crippen molar-refractivity contribution in [3.05, 3.63) is 23.8 Å². The predicted octanol–water partition coefficient (Wildman–Crippen LogP) is 3.20. The highest BCUT2D eigenvalue weighted by molar-refractivity contribution is 14.0. The molecule has 8 nitrogen and oxygen atoms in total. The number of nitrogens with zero attached hydrogens (tertiary/aromatic N) is 2. The summed E-state index contributed by atoms with van der Waals surface area (Å²) in [7, 11) is 3.48. The number of ether oxygens (including phenoxy) is 3. The van der Waals surface area contributed by atoms with Crippen LogP contribution in [-0.2, 0) is 11.3 Å². The molecule has 0 spiro atoms. The first-order chi connectivity index (χ1) is 13.2. The van der Waals surface area contributed by atoms with E-state index in [4.69, 9.17) is 14.2 Å². The number of aliphatic imine (C=N–C) groups is 1. The molecule has 9 heteroatoms. The summed E-state index contributed by atoms with van der Waals surface area (Å²) in [4.78, 5) is 17.9. The lowest BCUT2D eigenvalue weighted by molar-refractivity contribution is 0.0278. The van der Waals surface area contributed by atoms with Gasteiger partial charge in [0.1, 0.15) is 5.60 Å². The number of amides is 1. The van der Waals surface area contributed by atoms with Crippen molar-refractivity contribution in [3.63, 3.8) is 0 Å². The van der Waals surface area contributed by atoms with Gasteiger partial charge in [-0.3, -0.25) is 4.99 Å². The van der Waals surface area contributed by atoms with Gasteiger partial charge in [0.25, 0.3) is 0 Å². The van der Waals surface area contributed by atoms with E-state index in [9.17, 15) is 4.79 Å². The maximum absolute atomic E-state index is 12.1. The van der Waals surface area contributed by atoms with Gasteiger partial charge in [-0.05, 0) is 44.4 Å². The average Bonchev–Trinajstić information content (AvgIpc) is 3.08. The molecule has 0 fully saturated rings. The topological polar surface area (TPSA) is 84.4 Å². The van der Waals surface area contributed by atoms with Crippen molar-refractivity contribution in [2.45, 2.75) is 39.8 Å². The molecular formula is C20H33IN4O4. The summed E-state index contributed by atoms with van der Waals surface area (Å²) in [6, 6.07) is 5.86. The summed E-state index contributed by atoms with van der Waals surface area (Å²) in [6.45, 7) is 9.79. The lowest BCUT2D eigenvalue weighted by atomic mass is 10.1. The van der Waals surface area contributed by atoms with Crippen molar-refractivity contribution in [2.75, 3.05) is 34.0 Å². The van der Waals surface area contributed by atoms with Gasteiger partial charge in [0.15, 0.2) is 17.5 Å². The molecule has 1 atom stereocenters. The molecule has 0 aliphatic carbocycles. The quantitative estimate of drug-likeness (QED) is 0.341. The van der Waals surface area contributed by atoms with Crippen LogP contribution in [0.25, 0.3) is 0 Å². The molecule has 1 unspecified atom stereocenters. The molecule has 0 saturated heterocycles. The number of carbonyl (C=O) groups excluding carboxylic acids is 1. The largest absolute Gasteiger partial charge is 0.454 e. The minimum Gasteiger partial charge on any atom is -0.454 e. The Morgan fingerprint density at radius 1 is 1.28 bits per heavy atom. The molecule has 1 aromatic carbocycles. The van der Waals surface area contributed by atoms with E-state index in [1.54, 1.807) is 19.0 Å². The van der Waals surface area contributed by atoms with E-state index in [-0.39, 0.29) is 42.8 Å². The molecule has 1 aliphatic rings. The highest BCUT2D eigenvalue weighted by atomic mass is 127. The average molecular weight is 520 g/mol. The Morgan fingerprint density at radius 2 is 1.97 bits per heavy atom. The third-order valence-corrected chi connectivity index (χ3v) is 4.03. The number of nitrogens with one attached hydrogen (secondary N) is 2. The van der Waals surface area contributed by atoms with Gasteiger partial charge in [-0.25, -0.2) is 4.79 Å². The number of benzene rings is 1. The fourth-order valence-electron chi connectivity index (χ4n) is 2.67. The molecule has 1 amide bonds. The van der Waals surface area contributed by atoms with E-state index in [0.717, 1.165) is 17.1 Å². The fraction of sp³-hybridized carbons (Fsp3) is 0.600. The molecule has 1 aliphatic heterocycles. The second kappa shape index (κ2) is 11.3. The van der Waals surface area contributed by atoms with Crippen LogP contribution in [-0.4, -0.2) is 56.5 Å². The third-order valence-electron chi connectivity index (χ3n) is 4.03. The zero-order valence-corrected chi connectivity index (χ0v) is 20.4. The van der Waals surface area contributed by atoms with E-state index in [1.807, 2.05) is 39.0 Å². The molecule has 1 aromatic rings. The van der Waals surface area contributed by atoms with E-state index in [2.05, 4.69) is 22.5 Å². The Bertz CT molecular complexity index is 706. The van der Waals surface area contributed by atoms with Crippen molar-refractivity contribution in [2.24, 2.45) is 10.9 Å². The number of carbonyl (C=O) groups is 1. The summed E-state index contributed by atoms with van der Waals surface area (Å²) in [5.41, 5.74) is 0.581. The standard InChI is InChI=1S/C20H32N4O4.HI/c1-14(12-24(6)19(25)28-20(2,3)4)10-22-18(21-5)23-11-15-7-8-16-17(9-15)27-13-26-16;/h7-9,14H,10-13H2,1-6H3,(H2,21,22,23);1H. The second-order valence-corrected chi connectivity index (χ2v) is 7.96. The number of rotatable bonds is 6. The summed E-state index contributed by atoms with van der Waals surface area (Å²) in [6.07, 6.45) is -0.315. The number of hydrogen-bond donors (Lipinski definition) is 2. The molecule has 0 bridgehead atoms. The van der Waals surface area contributed by atoms with Gasteiger partial charge in [-0.1, -0.05) is 13.0 Å². The monoisotopic (exact) mass is 520 g/mol. The zero-order valence-electron chi connectivity index (χ0n) is 18.1. The number of guanidine groups is 1. The Labute approximate surface area is 190 Å². The van der Waals surface area contributed by atoms with Crippen molar-refractivity contribution in [3.8, 4) is 11.5 Å². The van der Waals surface area contributed by atoms with E-state index in [0.29, 0.717) is 25.6 Å². The predicted molar refractivity (Wildman–Crippen MR) is 124 cm³/mol. The number of halogens is 1. The van der Waals surface area contributed by atoms with Crippen LogP contribution in [0.2, 0.25) is 0 Å². The zero-order chi connectivity index (χ0) is 20.7. The first-order valence-electron chi connectivity index (χ1n) is 9.45. The van der Waals surface area contributed by atoms with Crippen molar-refractivity contribution < 1.29 is 19.0 Å². The summed E-state index contributed by atoms with van der Waals surface area (Å²) < 4.78 is 16.1. The van der Waals surface area contributed by atoms with Gasteiger partial charge < -0.3 is 29.7 Å². The molecule has 0 radical (unpaired) electrons. The van der Waals surface area contributed by atoms with Gasteiger partial charge in [-0.15, -0.1) is 24.0 Å². The Kier molecular flexibility index (Phi) is 9.81. The molecule has 0 saturated carbocycles. The van der Waals surface area contributed by atoms with Crippen molar-refractivity contribution in [1.82, 2.24) is 15.5 Å². The van der Waals surface area contributed by atoms with Crippen LogP contribution >= 0.6 is 24.0 Å². The number of hydrogen-bond acceptors (Lipinski definition) is 5. The fourth-order valence-corrected chi connectivity index (χ4v) is 2.67. The Morgan fingerprint density at radius 3 is 2.62 bits per heavy atom. The SMILES string of the molecule is CN=C(NCc1ccc2c(c1)OCO2)NCC(C)CN(C)C(=O)OC(C)(C)C.I. The molecule has 29 heavy (non-hydrogen) atoms. The van der Waals surface area contributed by atoms with Crippen LogP contribution in [0, 0.1) is 5.92 Å². The summed E-state index contributed by atoms with van der Waals surface area (Å²) in [5, 5.41) is 6.57. The molecule has 1 heterocycles. The van der Waals surface area contributed by atoms with Crippen LogP contribution in [0.1, 0.15) is 33.3 Å². The first-order valence-corrected chi connectivity index (χ1v) is 9.45. The second-order valence-electron chi connectivity index (χ2n) is 7.96. The molecule has 164 valence electrons. The van der Waals surface area contributed by atoms with Gasteiger partial charge >= 0.3 is 6.09 Å². The van der Waals surface area contributed by atoms with Crippen molar-refractivity contribution in [1.29, 1.82) is 0 Å². The maximum atomic E-state index is 12.1. The third kappa shape index (κ3) is 8.55. The van der Waals surface area contributed by atoms with Crippen LogP contribution in [0.3, 0.4) is 0 Å². The van der Waals surface area contributed by atoms with Gasteiger partial charge in [-0.2, -0.15) is 0 Å². The van der Waals surface area contributed by atoms with Gasteiger partial charge in [0.05, 0.1) is 0 Å². The Hall–Kier alpha value is -1.91. The lowest BCUT2D eigenvalue weighted by Gasteiger charge is -2.26. The molecule has 2 rings (SSSR count). The van der Waals surface area contributed by atoms with Gasteiger partial charge in [0, 0.05) is 33.7 Å².